The molecule has 0 aliphatic heterocycles. The monoisotopic (exact) mass is 285 g/mol. The highest BCUT2D eigenvalue weighted by Crippen LogP contribution is 2.12. The number of benzene rings is 1. The lowest BCUT2D eigenvalue weighted by Gasteiger charge is -2.16. The number of hydrogen-bond donors (Lipinski definition) is 1. The Morgan fingerprint density at radius 3 is 2.50 bits per heavy atom. The lowest BCUT2D eigenvalue weighted by Crippen LogP contribution is -2.28. The van der Waals surface area contributed by atoms with Gasteiger partial charge in [0.25, 0.3) is 0 Å². The summed E-state index contributed by atoms with van der Waals surface area (Å²) >= 11 is 3.42. The van der Waals surface area contributed by atoms with Crippen molar-refractivity contribution in [3.8, 4) is 0 Å². The molecule has 2 nitrogen and oxygen atoms in total. The van der Waals surface area contributed by atoms with E-state index >= 15 is 0 Å². The first-order chi connectivity index (χ1) is 7.76. The molecule has 16 heavy (non-hydrogen) atoms. The van der Waals surface area contributed by atoms with Gasteiger partial charge in [-0.1, -0.05) is 41.9 Å². The maximum Gasteiger partial charge on any atom is 0.0721 e. The lowest BCUT2D eigenvalue weighted by molar-refractivity contribution is 0.0388. The second kappa shape index (κ2) is 7.82. The van der Waals surface area contributed by atoms with Crippen molar-refractivity contribution in [3.63, 3.8) is 0 Å². The Hall–Kier alpha value is -0.380. The van der Waals surface area contributed by atoms with Crippen molar-refractivity contribution in [3.05, 3.63) is 34.3 Å². The SMILES string of the molecule is CCNCC(CC)OCc1ccc(Br)cc1. The van der Waals surface area contributed by atoms with Gasteiger partial charge in [0.1, 0.15) is 0 Å². The molecule has 90 valence electrons. The average molecular weight is 286 g/mol. The molecule has 1 rings (SSSR count). The Balaban J connectivity index is 2.34. The van der Waals surface area contributed by atoms with Gasteiger partial charge in [-0.3, -0.25) is 0 Å². The third-order valence-electron chi connectivity index (χ3n) is 2.48. The molecule has 0 aliphatic rings. The molecule has 0 saturated carbocycles. The van der Waals surface area contributed by atoms with E-state index in [1.165, 1.54) is 5.56 Å². The Kier molecular flexibility index (Phi) is 6.69. The molecular weight excluding hydrogens is 266 g/mol. The largest absolute Gasteiger partial charge is 0.372 e. The molecule has 1 atom stereocenters. The van der Waals surface area contributed by atoms with Gasteiger partial charge in [-0.05, 0) is 30.7 Å². The highest BCUT2D eigenvalue weighted by atomic mass is 79.9. The number of rotatable bonds is 7. The molecule has 1 aromatic carbocycles. The van der Waals surface area contributed by atoms with Gasteiger partial charge >= 0.3 is 0 Å². The van der Waals surface area contributed by atoms with Crippen molar-refractivity contribution in [1.82, 2.24) is 5.32 Å². The minimum absolute atomic E-state index is 0.309. The standard InChI is InChI=1S/C13H20BrNO/c1-3-13(9-15-4-2)16-10-11-5-7-12(14)8-6-11/h5-8,13,15H,3-4,9-10H2,1-2H3. The van der Waals surface area contributed by atoms with Crippen molar-refractivity contribution in [2.24, 2.45) is 0 Å². The van der Waals surface area contributed by atoms with Crippen LogP contribution in [0.3, 0.4) is 0 Å². The Bertz CT molecular complexity index is 286. The highest BCUT2D eigenvalue weighted by molar-refractivity contribution is 9.10. The zero-order valence-electron chi connectivity index (χ0n) is 10.0. The zero-order valence-corrected chi connectivity index (χ0v) is 11.6. The maximum atomic E-state index is 5.84. The van der Waals surface area contributed by atoms with Gasteiger partial charge in [-0.25, -0.2) is 0 Å². The van der Waals surface area contributed by atoms with E-state index in [-0.39, 0.29) is 0 Å². The molecule has 1 N–H and O–H groups in total. The minimum Gasteiger partial charge on any atom is -0.372 e. The smallest absolute Gasteiger partial charge is 0.0721 e. The summed E-state index contributed by atoms with van der Waals surface area (Å²) in [6.07, 6.45) is 1.35. The molecule has 0 aliphatic carbocycles. The van der Waals surface area contributed by atoms with E-state index in [1.807, 2.05) is 12.1 Å². The van der Waals surface area contributed by atoms with Gasteiger partial charge < -0.3 is 10.1 Å². The Morgan fingerprint density at radius 1 is 1.25 bits per heavy atom. The van der Waals surface area contributed by atoms with E-state index in [0.29, 0.717) is 12.7 Å². The first kappa shape index (κ1) is 13.7. The molecule has 0 aromatic heterocycles. The summed E-state index contributed by atoms with van der Waals surface area (Å²) in [5, 5.41) is 3.31. The normalized spacial score (nSPS) is 12.7. The van der Waals surface area contributed by atoms with Crippen molar-refractivity contribution in [2.45, 2.75) is 33.0 Å². The molecular formula is C13H20BrNO. The van der Waals surface area contributed by atoms with Gasteiger partial charge in [0.15, 0.2) is 0 Å². The van der Waals surface area contributed by atoms with Crippen LogP contribution in [0.25, 0.3) is 0 Å². The van der Waals surface area contributed by atoms with Crippen LogP contribution in [0.1, 0.15) is 25.8 Å². The summed E-state index contributed by atoms with van der Waals surface area (Å²) < 4.78 is 6.95. The Morgan fingerprint density at radius 2 is 1.94 bits per heavy atom. The average Bonchev–Trinajstić information content (AvgIpc) is 2.32. The molecule has 0 saturated heterocycles. The fourth-order valence-electron chi connectivity index (χ4n) is 1.42. The molecule has 0 bridgehead atoms. The third kappa shape index (κ3) is 5.10. The van der Waals surface area contributed by atoms with Crippen LogP contribution in [0, 0.1) is 0 Å². The summed E-state index contributed by atoms with van der Waals surface area (Å²) in [5.41, 5.74) is 1.22. The quantitative estimate of drug-likeness (QED) is 0.830. The number of nitrogens with one attached hydrogen (secondary N) is 1. The van der Waals surface area contributed by atoms with Gasteiger partial charge in [-0.2, -0.15) is 0 Å². The summed E-state index contributed by atoms with van der Waals surface area (Å²) in [4.78, 5) is 0. The van der Waals surface area contributed by atoms with E-state index < -0.39 is 0 Å². The van der Waals surface area contributed by atoms with E-state index in [0.717, 1.165) is 24.0 Å². The maximum absolute atomic E-state index is 5.84. The first-order valence-electron chi connectivity index (χ1n) is 5.83. The van der Waals surface area contributed by atoms with Crippen molar-refractivity contribution >= 4 is 15.9 Å². The number of hydrogen-bond acceptors (Lipinski definition) is 2. The van der Waals surface area contributed by atoms with Crippen LogP contribution < -0.4 is 5.32 Å². The van der Waals surface area contributed by atoms with Crippen LogP contribution in [0.15, 0.2) is 28.7 Å². The second-order valence-electron chi connectivity index (χ2n) is 3.78. The molecule has 3 heteroatoms. The molecule has 0 heterocycles. The molecule has 1 aromatic rings. The topological polar surface area (TPSA) is 21.3 Å². The van der Waals surface area contributed by atoms with Crippen LogP contribution in [0.2, 0.25) is 0 Å². The van der Waals surface area contributed by atoms with Gasteiger partial charge in [0.2, 0.25) is 0 Å². The first-order valence-corrected chi connectivity index (χ1v) is 6.62. The van der Waals surface area contributed by atoms with E-state index in [9.17, 15) is 0 Å². The molecule has 0 amide bonds. The van der Waals surface area contributed by atoms with Gasteiger partial charge in [0, 0.05) is 11.0 Å². The molecule has 0 spiro atoms. The summed E-state index contributed by atoms with van der Waals surface area (Å²) in [6.45, 7) is 6.89. The van der Waals surface area contributed by atoms with Crippen molar-refractivity contribution in [1.29, 1.82) is 0 Å². The van der Waals surface area contributed by atoms with Crippen LogP contribution in [-0.2, 0) is 11.3 Å². The predicted molar refractivity (Wildman–Crippen MR) is 71.6 cm³/mol. The minimum atomic E-state index is 0.309. The number of halogens is 1. The van der Waals surface area contributed by atoms with Crippen LogP contribution in [0.4, 0.5) is 0 Å². The van der Waals surface area contributed by atoms with Crippen LogP contribution in [0.5, 0.6) is 0 Å². The van der Waals surface area contributed by atoms with Crippen molar-refractivity contribution < 1.29 is 4.74 Å². The summed E-state index contributed by atoms with van der Waals surface area (Å²) in [7, 11) is 0. The second-order valence-corrected chi connectivity index (χ2v) is 4.69. The van der Waals surface area contributed by atoms with Gasteiger partial charge in [0.05, 0.1) is 12.7 Å². The molecule has 0 radical (unpaired) electrons. The predicted octanol–water partition coefficient (Wildman–Crippen LogP) is 3.35. The fourth-order valence-corrected chi connectivity index (χ4v) is 1.69. The van der Waals surface area contributed by atoms with Crippen LogP contribution >= 0.6 is 15.9 Å². The van der Waals surface area contributed by atoms with E-state index in [2.05, 4.69) is 47.2 Å². The highest BCUT2D eigenvalue weighted by Gasteiger charge is 2.05. The Labute approximate surface area is 107 Å². The lowest BCUT2D eigenvalue weighted by atomic mass is 10.2. The van der Waals surface area contributed by atoms with E-state index in [1.54, 1.807) is 0 Å². The molecule has 0 fully saturated rings. The van der Waals surface area contributed by atoms with Crippen molar-refractivity contribution in [2.75, 3.05) is 13.1 Å². The number of ether oxygens (including phenoxy) is 1. The summed E-state index contributed by atoms with van der Waals surface area (Å²) in [5.74, 6) is 0. The van der Waals surface area contributed by atoms with Crippen LogP contribution in [-0.4, -0.2) is 19.2 Å². The van der Waals surface area contributed by atoms with E-state index in [4.69, 9.17) is 4.74 Å². The van der Waals surface area contributed by atoms with Gasteiger partial charge in [-0.15, -0.1) is 0 Å². The zero-order chi connectivity index (χ0) is 11.8. The molecule has 1 unspecified atom stereocenters. The fraction of sp³-hybridized carbons (Fsp3) is 0.538. The third-order valence-corrected chi connectivity index (χ3v) is 3.00. The summed E-state index contributed by atoms with van der Waals surface area (Å²) in [6, 6.07) is 8.27. The number of likely N-dealkylation sites (N-methyl/N-ethyl adjacent to an activating group) is 1.